The highest BCUT2D eigenvalue weighted by molar-refractivity contribution is 5.87. The van der Waals surface area contributed by atoms with Crippen LogP contribution in [-0.4, -0.2) is 44.4 Å². The van der Waals surface area contributed by atoms with Crippen molar-refractivity contribution in [3.8, 4) is 17.4 Å². The lowest BCUT2D eigenvalue weighted by Gasteiger charge is -2.16. The maximum absolute atomic E-state index is 11.8. The number of aromatic nitrogens is 2. The smallest absolute Gasteiger partial charge is 0.357 e. The fraction of sp³-hybridized carbons (Fsp3) is 0.353. The molecule has 0 N–H and O–H groups in total. The van der Waals surface area contributed by atoms with Crippen molar-refractivity contribution < 1.29 is 23.7 Å². The molecule has 0 bridgehead atoms. The molecule has 1 aromatic heterocycles. The van der Waals surface area contributed by atoms with Crippen LogP contribution in [0.3, 0.4) is 0 Å². The number of anilines is 1. The van der Waals surface area contributed by atoms with Gasteiger partial charge in [0.05, 0.1) is 28.4 Å². The van der Waals surface area contributed by atoms with Gasteiger partial charge in [0.25, 0.3) is 0 Å². The van der Waals surface area contributed by atoms with E-state index >= 15 is 0 Å². The minimum absolute atomic E-state index is 0.149. The molecule has 132 valence electrons. The molecule has 0 aliphatic carbocycles. The number of carbonyl (C=O) groups is 1. The Balaban J connectivity index is 1.94. The first-order valence-corrected chi connectivity index (χ1v) is 7.59. The zero-order chi connectivity index (χ0) is 18.0. The number of carbonyl (C=O) groups excluding carboxylic acids is 1. The molecule has 2 aromatic rings. The van der Waals surface area contributed by atoms with Crippen molar-refractivity contribution >= 4 is 11.9 Å². The highest BCUT2D eigenvalue weighted by atomic mass is 16.5. The molecular formula is C17H19N3O5. The monoisotopic (exact) mass is 345 g/mol. The lowest BCUT2D eigenvalue weighted by Crippen LogP contribution is -2.19. The molecule has 25 heavy (non-hydrogen) atoms. The van der Waals surface area contributed by atoms with Crippen LogP contribution in [0.2, 0.25) is 0 Å². The third-order valence-electron chi connectivity index (χ3n) is 4.01. The topological polar surface area (TPSA) is 83.0 Å². The lowest BCUT2D eigenvalue weighted by molar-refractivity contribution is 0.0593. The second-order valence-corrected chi connectivity index (χ2v) is 5.42. The van der Waals surface area contributed by atoms with E-state index in [9.17, 15) is 4.79 Å². The number of hydrogen-bond acceptors (Lipinski definition) is 8. The molecule has 3 rings (SSSR count). The maximum Gasteiger partial charge on any atom is 0.357 e. The minimum atomic E-state index is -0.540. The summed E-state index contributed by atoms with van der Waals surface area (Å²) in [5, 5.41) is 0. The van der Waals surface area contributed by atoms with Crippen LogP contribution in [-0.2, 0) is 17.8 Å². The molecule has 0 radical (unpaired) electrons. The van der Waals surface area contributed by atoms with Gasteiger partial charge in [-0.15, -0.1) is 0 Å². The molecule has 1 aromatic carbocycles. The van der Waals surface area contributed by atoms with E-state index in [-0.39, 0.29) is 5.69 Å². The Bertz CT molecular complexity index is 776. The fourth-order valence-electron chi connectivity index (χ4n) is 2.73. The molecule has 0 unspecified atom stereocenters. The zero-order valence-corrected chi connectivity index (χ0v) is 14.5. The van der Waals surface area contributed by atoms with E-state index in [1.165, 1.54) is 20.3 Å². The van der Waals surface area contributed by atoms with Gasteiger partial charge in [-0.05, 0) is 23.3 Å². The van der Waals surface area contributed by atoms with Crippen molar-refractivity contribution in [2.24, 2.45) is 0 Å². The Morgan fingerprint density at radius 1 is 0.920 bits per heavy atom. The van der Waals surface area contributed by atoms with Crippen LogP contribution in [0.1, 0.15) is 21.6 Å². The van der Waals surface area contributed by atoms with Gasteiger partial charge in [-0.25, -0.2) is 9.78 Å². The molecule has 8 heteroatoms. The number of fused-ring (bicyclic) bond motifs is 1. The minimum Gasteiger partial charge on any atom is -0.493 e. The fourth-order valence-corrected chi connectivity index (χ4v) is 2.73. The van der Waals surface area contributed by atoms with Crippen LogP contribution in [0.4, 0.5) is 5.95 Å². The van der Waals surface area contributed by atoms with Crippen molar-refractivity contribution in [3.63, 3.8) is 0 Å². The number of rotatable bonds is 5. The average molecular weight is 345 g/mol. The van der Waals surface area contributed by atoms with E-state index in [0.29, 0.717) is 36.4 Å². The second-order valence-electron chi connectivity index (χ2n) is 5.42. The molecule has 2 heterocycles. The third kappa shape index (κ3) is 3.15. The predicted molar refractivity (Wildman–Crippen MR) is 89.4 cm³/mol. The summed E-state index contributed by atoms with van der Waals surface area (Å²) in [5.74, 6) is 1.50. The molecule has 0 saturated carbocycles. The van der Waals surface area contributed by atoms with Crippen molar-refractivity contribution in [1.29, 1.82) is 0 Å². The normalized spacial score (nSPS) is 12.6. The largest absolute Gasteiger partial charge is 0.493 e. The lowest BCUT2D eigenvalue weighted by atomic mass is 10.1. The van der Waals surface area contributed by atoms with E-state index in [4.69, 9.17) is 18.9 Å². The van der Waals surface area contributed by atoms with Gasteiger partial charge in [0, 0.05) is 19.2 Å². The molecule has 1 aliphatic heterocycles. The van der Waals surface area contributed by atoms with E-state index in [2.05, 4.69) is 9.97 Å². The third-order valence-corrected chi connectivity index (χ3v) is 4.01. The first kappa shape index (κ1) is 16.8. The van der Waals surface area contributed by atoms with Crippen LogP contribution in [0.5, 0.6) is 17.4 Å². The van der Waals surface area contributed by atoms with Crippen LogP contribution in [0, 0.1) is 0 Å². The number of hydrogen-bond donors (Lipinski definition) is 0. The first-order valence-electron chi connectivity index (χ1n) is 7.59. The van der Waals surface area contributed by atoms with E-state index in [1.807, 2.05) is 17.0 Å². The molecule has 0 spiro atoms. The molecule has 0 atom stereocenters. The molecule has 8 nitrogen and oxygen atoms in total. The van der Waals surface area contributed by atoms with Crippen molar-refractivity contribution in [2.75, 3.05) is 33.3 Å². The number of ether oxygens (including phenoxy) is 4. The Kier molecular flexibility index (Phi) is 4.60. The summed E-state index contributed by atoms with van der Waals surface area (Å²) in [6.07, 6.45) is 0. The Labute approximate surface area is 145 Å². The highest BCUT2D eigenvalue weighted by Gasteiger charge is 2.25. The van der Waals surface area contributed by atoms with E-state index in [1.54, 1.807) is 14.2 Å². The van der Waals surface area contributed by atoms with Crippen LogP contribution in [0.25, 0.3) is 0 Å². The molecule has 0 amide bonds. The molecular weight excluding hydrogens is 326 g/mol. The van der Waals surface area contributed by atoms with Gasteiger partial charge in [0.2, 0.25) is 11.8 Å². The summed E-state index contributed by atoms with van der Waals surface area (Å²) in [7, 11) is 6.00. The van der Waals surface area contributed by atoms with Gasteiger partial charge in [-0.1, -0.05) is 0 Å². The summed E-state index contributed by atoms with van der Waals surface area (Å²) in [6.45, 7) is 1.17. The van der Waals surface area contributed by atoms with Gasteiger partial charge in [-0.3, -0.25) is 0 Å². The number of methoxy groups -OCH3 is 4. The van der Waals surface area contributed by atoms with Gasteiger partial charge in [0.15, 0.2) is 17.2 Å². The second kappa shape index (κ2) is 6.84. The average Bonchev–Trinajstić information content (AvgIpc) is 3.08. The maximum atomic E-state index is 11.8. The predicted octanol–water partition coefficient (Wildman–Crippen LogP) is 1.81. The SMILES string of the molecule is COC(=O)c1cc(OC)nc(N2Cc3cc(OC)c(OC)cc3C2)n1. The Morgan fingerprint density at radius 2 is 1.52 bits per heavy atom. The van der Waals surface area contributed by atoms with E-state index in [0.717, 1.165) is 11.1 Å². The van der Waals surface area contributed by atoms with Gasteiger partial charge in [-0.2, -0.15) is 4.98 Å². The number of esters is 1. The summed E-state index contributed by atoms with van der Waals surface area (Å²) in [5.41, 5.74) is 2.32. The van der Waals surface area contributed by atoms with Crippen molar-refractivity contribution in [3.05, 3.63) is 35.0 Å². The zero-order valence-electron chi connectivity index (χ0n) is 14.5. The Morgan fingerprint density at radius 3 is 2.00 bits per heavy atom. The first-order chi connectivity index (χ1) is 12.1. The van der Waals surface area contributed by atoms with Crippen LogP contribution >= 0.6 is 0 Å². The molecule has 0 saturated heterocycles. The summed E-state index contributed by atoms with van der Waals surface area (Å²) >= 11 is 0. The van der Waals surface area contributed by atoms with Crippen LogP contribution < -0.4 is 19.1 Å². The van der Waals surface area contributed by atoms with Crippen LogP contribution in [0.15, 0.2) is 18.2 Å². The van der Waals surface area contributed by atoms with Gasteiger partial charge < -0.3 is 23.8 Å². The summed E-state index contributed by atoms with van der Waals surface area (Å²) in [4.78, 5) is 22.4. The molecule has 1 aliphatic rings. The summed E-state index contributed by atoms with van der Waals surface area (Å²) in [6, 6.07) is 5.33. The van der Waals surface area contributed by atoms with Gasteiger partial charge >= 0.3 is 5.97 Å². The van der Waals surface area contributed by atoms with Crippen molar-refractivity contribution in [2.45, 2.75) is 13.1 Å². The van der Waals surface area contributed by atoms with Crippen molar-refractivity contribution in [1.82, 2.24) is 9.97 Å². The number of nitrogens with zero attached hydrogens (tertiary/aromatic N) is 3. The molecule has 0 fully saturated rings. The van der Waals surface area contributed by atoms with Gasteiger partial charge in [0.1, 0.15) is 0 Å². The highest BCUT2D eigenvalue weighted by Crippen LogP contribution is 2.36. The Hall–Kier alpha value is -3.03. The quantitative estimate of drug-likeness (QED) is 0.759. The standard InChI is InChI=1S/C17H19N3O5/c1-22-13-5-10-8-20(9-11(10)6-14(13)23-2)17-18-12(16(21)25-4)7-15(19-17)24-3/h5-7H,8-9H2,1-4H3. The van der Waals surface area contributed by atoms with E-state index < -0.39 is 5.97 Å². The summed E-state index contributed by atoms with van der Waals surface area (Å²) < 4.78 is 20.6. The number of benzene rings is 1.